The van der Waals surface area contributed by atoms with Crippen molar-refractivity contribution in [2.75, 3.05) is 0 Å². The van der Waals surface area contributed by atoms with E-state index < -0.39 is 17.3 Å². The van der Waals surface area contributed by atoms with Crippen LogP contribution in [0.4, 0.5) is 0 Å². The Labute approximate surface area is 121 Å². The molecule has 1 fully saturated rings. The van der Waals surface area contributed by atoms with E-state index in [4.69, 9.17) is 9.52 Å². The average Bonchev–Trinajstić information content (AvgIpc) is 3.20. The van der Waals surface area contributed by atoms with Crippen LogP contribution in [0.3, 0.4) is 0 Å². The van der Waals surface area contributed by atoms with E-state index in [1.165, 1.54) is 0 Å². The maximum Gasteiger partial charge on any atom is 0.319 e. The number of nitrogens with one attached hydrogen (secondary N) is 1. The molecule has 0 radical (unpaired) electrons. The van der Waals surface area contributed by atoms with E-state index in [0.717, 1.165) is 16.5 Å². The molecule has 3 rings (SSSR count). The molecule has 1 unspecified atom stereocenters. The Morgan fingerprint density at radius 2 is 2.00 bits per heavy atom. The molecule has 1 aromatic carbocycles. The van der Waals surface area contributed by atoms with Gasteiger partial charge in [0.25, 0.3) is 0 Å². The number of furan rings is 1. The molecular formula is C16H17NO4. The van der Waals surface area contributed by atoms with Gasteiger partial charge in [-0.05, 0) is 32.8 Å². The molecule has 0 aliphatic heterocycles. The van der Waals surface area contributed by atoms with Gasteiger partial charge in [0.15, 0.2) is 0 Å². The molecular weight excluding hydrogens is 270 g/mol. The molecule has 0 saturated heterocycles. The fourth-order valence-electron chi connectivity index (χ4n) is 2.67. The number of aryl methyl sites for hydroxylation is 1. The van der Waals surface area contributed by atoms with Gasteiger partial charge in [-0.15, -0.1) is 0 Å². The molecule has 21 heavy (non-hydrogen) atoms. The molecule has 5 nitrogen and oxygen atoms in total. The Kier molecular flexibility index (Phi) is 3.01. The number of amides is 1. The molecule has 1 aliphatic carbocycles. The molecule has 1 aromatic heterocycles. The summed E-state index contributed by atoms with van der Waals surface area (Å²) in [5.41, 5.74) is 0.512. The van der Waals surface area contributed by atoms with E-state index in [-0.39, 0.29) is 6.04 Å². The fourth-order valence-corrected chi connectivity index (χ4v) is 2.67. The first-order chi connectivity index (χ1) is 9.95. The third kappa shape index (κ3) is 2.09. The molecule has 1 saturated carbocycles. The van der Waals surface area contributed by atoms with Gasteiger partial charge < -0.3 is 14.8 Å². The second kappa shape index (κ2) is 4.62. The van der Waals surface area contributed by atoms with Gasteiger partial charge in [0.1, 0.15) is 16.8 Å². The highest BCUT2D eigenvalue weighted by molar-refractivity contribution is 6.05. The number of para-hydroxylation sites is 1. The average molecular weight is 287 g/mol. The molecule has 110 valence electrons. The smallest absolute Gasteiger partial charge is 0.319 e. The largest absolute Gasteiger partial charge is 0.480 e. The second-order valence-electron chi connectivity index (χ2n) is 5.67. The molecule has 1 atom stereocenters. The number of hydrogen-bond donors (Lipinski definition) is 2. The van der Waals surface area contributed by atoms with Crippen molar-refractivity contribution in [2.45, 2.75) is 32.7 Å². The van der Waals surface area contributed by atoms with E-state index in [1.807, 2.05) is 31.2 Å². The van der Waals surface area contributed by atoms with Crippen molar-refractivity contribution in [3.63, 3.8) is 0 Å². The van der Waals surface area contributed by atoms with Crippen molar-refractivity contribution in [1.82, 2.24) is 5.32 Å². The molecule has 1 aliphatic rings. The fraction of sp³-hybridized carbons (Fsp3) is 0.375. The van der Waals surface area contributed by atoms with Crippen molar-refractivity contribution in [1.29, 1.82) is 0 Å². The summed E-state index contributed by atoms with van der Waals surface area (Å²) in [6.07, 6.45) is 0.806. The Balaban J connectivity index is 1.84. The van der Waals surface area contributed by atoms with E-state index in [9.17, 15) is 9.59 Å². The molecule has 1 amide bonds. The minimum atomic E-state index is -1.23. The van der Waals surface area contributed by atoms with Crippen LogP contribution in [0, 0.1) is 12.3 Å². The first kappa shape index (κ1) is 13.7. The zero-order valence-electron chi connectivity index (χ0n) is 12.0. The van der Waals surface area contributed by atoms with E-state index in [2.05, 4.69) is 5.32 Å². The maximum absolute atomic E-state index is 12.1. The highest BCUT2D eigenvalue weighted by Gasteiger charge is 2.57. The summed E-state index contributed by atoms with van der Waals surface area (Å²) >= 11 is 0. The normalized spacial score (nSPS) is 17.4. The monoisotopic (exact) mass is 287 g/mol. The van der Waals surface area contributed by atoms with Gasteiger partial charge in [-0.3, -0.25) is 9.59 Å². The van der Waals surface area contributed by atoms with E-state index in [0.29, 0.717) is 18.6 Å². The zero-order chi connectivity index (χ0) is 15.2. The number of aliphatic carboxylic acids is 1. The van der Waals surface area contributed by atoms with Crippen molar-refractivity contribution in [2.24, 2.45) is 5.41 Å². The third-order valence-corrected chi connectivity index (χ3v) is 4.22. The Morgan fingerprint density at radius 1 is 1.33 bits per heavy atom. The van der Waals surface area contributed by atoms with Crippen molar-refractivity contribution in [3.8, 4) is 0 Å². The van der Waals surface area contributed by atoms with Crippen LogP contribution in [0.15, 0.2) is 28.7 Å². The van der Waals surface area contributed by atoms with Gasteiger partial charge in [-0.25, -0.2) is 0 Å². The highest BCUT2D eigenvalue weighted by Crippen LogP contribution is 2.46. The van der Waals surface area contributed by atoms with Crippen LogP contribution in [0.5, 0.6) is 0 Å². The predicted molar refractivity (Wildman–Crippen MR) is 76.8 cm³/mol. The van der Waals surface area contributed by atoms with Crippen LogP contribution in [0.25, 0.3) is 11.0 Å². The lowest BCUT2D eigenvalue weighted by atomic mass is 10.0. The minimum absolute atomic E-state index is 0.360. The standard InChI is InChI=1S/C16H17NO4/c1-9-11-5-3-4-6-12(11)21-13(9)10(2)17-14(18)16(7-8-16)15(19)20/h3-6,10H,7-8H2,1-2H3,(H,17,18)(H,19,20). The number of carbonyl (C=O) groups excluding carboxylic acids is 1. The quantitative estimate of drug-likeness (QED) is 0.847. The first-order valence-electron chi connectivity index (χ1n) is 6.98. The number of hydrogen-bond acceptors (Lipinski definition) is 3. The van der Waals surface area contributed by atoms with E-state index >= 15 is 0 Å². The van der Waals surface area contributed by atoms with Crippen LogP contribution in [0.2, 0.25) is 0 Å². The molecule has 0 bridgehead atoms. The van der Waals surface area contributed by atoms with Gasteiger partial charge in [0, 0.05) is 10.9 Å². The predicted octanol–water partition coefficient (Wildman–Crippen LogP) is 2.78. The second-order valence-corrected chi connectivity index (χ2v) is 5.67. The molecule has 1 heterocycles. The van der Waals surface area contributed by atoms with Crippen LogP contribution in [-0.4, -0.2) is 17.0 Å². The number of carboxylic acids is 1. The Hall–Kier alpha value is -2.30. The summed E-state index contributed by atoms with van der Waals surface area (Å²) in [7, 11) is 0. The van der Waals surface area contributed by atoms with Gasteiger partial charge in [0.2, 0.25) is 5.91 Å². The van der Waals surface area contributed by atoms with E-state index in [1.54, 1.807) is 6.92 Å². The summed E-state index contributed by atoms with van der Waals surface area (Å²) in [5.74, 6) is -0.804. The Morgan fingerprint density at radius 3 is 2.57 bits per heavy atom. The topological polar surface area (TPSA) is 79.5 Å². The lowest BCUT2D eigenvalue weighted by molar-refractivity contribution is -0.149. The molecule has 2 N–H and O–H groups in total. The van der Waals surface area contributed by atoms with Gasteiger partial charge in [-0.1, -0.05) is 18.2 Å². The van der Waals surface area contributed by atoms with Gasteiger partial charge in [0.05, 0.1) is 6.04 Å². The van der Waals surface area contributed by atoms with Crippen molar-refractivity contribution >= 4 is 22.8 Å². The van der Waals surface area contributed by atoms with Crippen molar-refractivity contribution in [3.05, 3.63) is 35.6 Å². The Bertz CT molecular complexity index is 727. The number of carboxylic acid groups (broad SMARTS) is 1. The molecule has 2 aromatic rings. The lowest BCUT2D eigenvalue weighted by Crippen LogP contribution is -2.38. The van der Waals surface area contributed by atoms with Gasteiger partial charge in [-0.2, -0.15) is 0 Å². The zero-order valence-corrected chi connectivity index (χ0v) is 12.0. The van der Waals surface area contributed by atoms with Crippen molar-refractivity contribution < 1.29 is 19.1 Å². The molecule has 0 spiro atoms. The summed E-state index contributed by atoms with van der Waals surface area (Å²) in [4.78, 5) is 23.3. The third-order valence-electron chi connectivity index (χ3n) is 4.22. The number of fused-ring (bicyclic) bond motifs is 1. The van der Waals surface area contributed by atoms with Crippen LogP contribution < -0.4 is 5.32 Å². The van der Waals surface area contributed by atoms with Crippen LogP contribution >= 0.6 is 0 Å². The summed E-state index contributed by atoms with van der Waals surface area (Å²) in [6.45, 7) is 3.74. The number of benzene rings is 1. The maximum atomic E-state index is 12.1. The van der Waals surface area contributed by atoms with Gasteiger partial charge >= 0.3 is 5.97 Å². The first-order valence-corrected chi connectivity index (χ1v) is 6.98. The summed E-state index contributed by atoms with van der Waals surface area (Å²) in [6, 6.07) is 7.30. The highest BCUT2D eigenvalue weighted by atomic mass is 16.4. The number of carbonyl (C=O) groups is 2. The molecule has 5 heteroatoms. The summed E-state index contributed by atoms with van der Waals surface area (Å²) in [5, 5.41) is 12.9. The van der Waals surface area contributed by atoms with Crippen LogP contribution in [-0.2, 0) is 9.59 Å². The lowest BCUT2D eigenvalue weighted by Gasteiger charge is -2.16. The van der Waals surface area contributed by atoms with Crippen LogP contribution in [0.1, 0.15) is 37.1 Å². The number of rotatable bonds is 4. The summed E-state index contributed by atoms with van der Waals surface area (Å²) < 4.78 is 5.79. The SMILES string of the molecule is Cc1c(C(C)NC(=O)C2(C(=O)O)CC2)oc2ccccc12. The minimum Gasteiger partial charge on any atom is -0.480 e.